The van der Waals surface area contributed by atoms with Crippen LogP contribution in [0.1, 0.15) is 30.9 Å². The van der Waals surface area contributed by atoms with Gasteiger partial charge in [-0.2, -0.15) is 0 Å². The fourth-order valence-electron chi connectivity index (χ4n) is 1.90. The summed E-state index contributed by atoms with van der Waals surface area (Å²) in [5.41, 5.74) is 2.14. The first kappa shape index (κ1) is 15.0. The number of rotatable bonds is 4. The smallest absolute Gasteiger partial charge is 0.414 e. The molecule has 20 heavy (non-hydrogen) atoms. The van der Waals surface area contributed by atoms with Crippen molar-refractivity contribution >= 4 is 13.7 Å². The van der Waals surface area contributed by atoms with Crippen molar-refractivity contribution in [1.82, 2.24) is 15.3 Å². The Hall–Kier alpha value is -1.36. The molecule has 1 amide bonds. The Balaban J connectivity index is 1.93. The molecular formula is C13H20N3O3P. The van der Waals surface area contributed by atoms with Crippen LogP contribution in [-0.4, -0.2) is 12.7 Å². The van der Waals surface area contributed by atoms with Crippen LogP contribution < -0.4 is 15.3 Å². The van der Waals surface area contributed by atoms with E-state index in [1.807, 2.05) is 31.2 Å². The largest absolute Gasteiger partial charge is 0.449 e. The van der Waals surface area contributed by atoms with Crippen LogP contribution in [0.15, 0.2) is 24.3 Å². The number of nitrogens with one attached hydrogen (secondary N) is 3. The lowest BCUT2D eigenvalue weighted by molar-refractivity contribution is 0.150. The molecule has 1 aromatic rings. The zero-order valence-corrected chi connectivity index (χ0v) is 12.4. The molecule has 0 radical (unpaired) electrons. The van der Waals surface area contributed by atoms with Gasteiger partial charge in [0.05, 0.1) is 6.61 Å². The molecule has 1 heterocycles. The van der Waals surface area contributed by atoms with Crippen LogP contribution in [0.3, 0.4) is 0 Å². The molecule has 0 aromatic heterocycles. The third-order valence-corrected chi connectivity index (χ3v) is 4.79. The Kier molecular flexibility index (Phi) is 5.17. The molecule has 7 heteroatoms. The van der Waals surface area contributed by atoms with Gasteiger partial charge in [0, 0.05) is 13.1 Å². The van der Waals surface area contributed by atoms with Gasteiger partial charge in [-0.25, -0.2) is 20.1 Å². The molecule has 6 nitrogen and oxygen atoms in total. The zero-order chi connectivity index (χ0) is 14.4. The quantitative estimate of drug-likeness (QED) is 0.588. The molecule has 0 saturated heterocycles. The lowest BCUT2D eigenvalue weighted by Crippen LogP contribution is -2.34. The number of benzene rings is 1. The molecule has 0 spiro atoms. The third kappa shape index (κ3) is 4.07. The van der Waals surface area contributed by atoms with E-state index in [1.165, 1.54) is 0 Å². The van der Waals surface area contributed by atoms with Crippen molar-refractivity contribution in [2.24, 2.45) is 0 Å². The van der Waals surface area contributed by atoms with Gasteiger partial charge in [-0.1, -0.05) is 37.6 Å². The molecule has 1 aliphatic rings. The first-order valence-electron chi connectivity index (χ1n) is 6.75. The van der Waals surface area contributed by atoms with Crippen molar-refractivity contribution in [3.05, 3.63) is 35.4 Å². The molecule has 0 unspecified atom stereocenters. The Morgan fingerprint density at radius 1 is 1.30 bits per heavy atom. The summed E-state index contributed by atoms with van der Waals surface area (Å²) in [4.78, 5) is 11.6. The highest BCUT2D eigenvalue weighted by Gasteiger charge is 2.27. The second kappa shape index (κ2) is 6.88. The van der Waals surface area contributed by atoms with Crippen LogP contribution in [0.25, 0.3) is 0 Å². The molecule has 2 rings (SSSR count). The van der Waals surface area contributed by atoms with Gasteiger partial charge >= 0.3 is 13.7 Å². The SMILES string of the molecule is CCCCOC(=O)NP1(=O)NCc2ccccc2CN1. The standard InChI is InChI=1S/C13H20N3O3P/c1-2-3-8-19-13(17)16-20(18)14-9-11-6-4-5-7-12(11)10-15-20/h4-7H,2-3,8-10H2,1H3,(H3,14,15,16,17,18). The predicted octanol–water partition coefficient (Wildman–Crippen LogP) is 2.51. The summed E-state index contributed by atoms with van der Waals surface area (Å²) >= 11 is 0. The highest BCUT2D eigenvalue weighted by Crippen LogP contribution is 2.34. The second-order valence-corrected chi connectivity index (χ2v) is 6.72. The lowest BCUT2D eigenvalue weighted by atomic mass is 10.1. The number of carbonyl (C=O) groups excluding carboxylic acids is 1. The number of ether oxygens (including phenoxy) is 1. The number of hydrogen-bond acceptors (Lipinski definition) is 3. The van der Waals surface area contributed by atoms with Crippen LogP contribution >= 0.6 is 7.59 Å². The Bertz CT molecular complexity index is 490. The van der Waals surface area contributed by atoms with E-state index in [1.54, 1.807) is 0 Å². The van der Waals surface area contributed by atoms with Gasteiger partial charge < -0.3 is 4.74 Å². The van der Waals surface area contributed by atoms with Crippen LogP contribution in [0, 0.1) is 0 Å². The van der Waals surface area contributed by atoms with Gasteiger partial charge in [0.2, 0.25) is 0 Å². The summed E-state index contributed by atoms with van der Waals surface area (Å²) in [5.74, 6) is 0. The molecule has 0 bridgehead atoms. The van der Waals surface area contributed by atoms with E-state index in [9.17, 15) is 9.36 Å². The molecule has 0 atom stereocenters. The molecule has 0 saturated carbocycles. The molecule has 0 aliphatic carbocycles. The minimum absolute atomic E-state index is 0.336. The van der Waals surface area contributed by atoms with E-state index >= 15 is 0 Å². The highest BCUT2D eigenvalue weighted by molar-refractivity contribution is 7.58. The van der Waals surface area contributed by atoms with Gasteiger partial charge in [-0.15, -0.1) is 0 Å². The van der Waals surface area contributed by atoms with Gasteiger partial charge in [0.25, 0.3) is 0 Å². The van der Waals surface area contributed by atoms with Crippen LogP contribution in [-0.2, 0) is 22.4 Å². The number of hydrogen-bond donors (Lipinski definition) is 3. The first-order valence-corrected chi connectivity index (χ1v) is 8.46. The molecule has 1 aromatic carbocycles. The third-order valence-electron chi connectivity index (χ3n) is 3.08. The monoisotopic (exact) mass is 297 g/mol. The Morgan fingerprint density at radius 3 is 2.45 bits per heavy atom. The van der Waals surface area contributed by atoms with E-state index in [-0.39, 0.29) is 0 Å². The minimum atomic E-state index is -3.17. The van der Waals surface area contributed by atoms with Crippen molar-refractivity contribution in [3.63, 3.8) is 0 Å². The maximum atomic E-state index is 12.5. The van der Waals surface area contributed by atoms with Crippen molar-refractivity contribution in [2.45, 2.75) is 32.9 Å². The van der Waals surface area contributed by atoms with Gasteiger partial charge in [-0.3, -0.25) is 4.57 Å². The van der Waals surface area contributed by atoms with Gasteiger partial charge in [0.15, 0.2) is 0 Å². The number of amides is 1. The zero-order valence-electron chi connectivity index (χ0n) is 11.5. The summed E-state index contributed by atoms with van der Waals surface area (Å²) in [7, 11) is -3.17. The molecule has 110 valence electrons. The summed E-state index contributed by atoms with van der Waals surface area (Å²) in [6.45, 7) is 3.23. The van der Waals surface area contributed by atoms with E-state index in [0.29, 0.717) is 19.7 Å². The topological polar surface area (TPSA) is 79.5 Å². The number of fused-ring (bicyclic) bond motifs is 1. The second-order valence-electron chi connectivity index (χ2n) is 4.65. The number of carbonyl (C=O) groups is 1. The molecular weight excluding hydrogens is 277 g/mol. The minimum Gasteiger partial charge on any atom is -0.449 e. The van der Waals surface area contributed by atoms with Gasteiger partial charge in [0.1, 0.15) is 0 Å². The molecule has 3 N–H and O–H groups in total. The highest BCUT2D eigenvalue weighted by atomic mass is 31.2. The summed E-state index contributed by atoms with van der Waals surface area (Å²) in [6, 6.07) is 7.81. The van der Waals surface area contributed by atoms with Crippen molar-refractivity contribution in [2.75, 3.05) is 6.61 Å². The first-order chi connectivity index (χ1) is 9.63. The molecule has 1 aliphatic heterocycles. The molecule has 0 fully saturated rings. The fourth-order valence-corrected chi connectivity index (χ4v) is 3.28. The van der Waals surface area contributed by atoms with E-state index < -0.39 is 13.7 Å². The van der Waals surface area contributed by atoms with Crippen LogP contribution in [0.5, 0.6) is 0 Å². The van der Waals surface area contributed by atoms with Crippen LogP contribution in [0.4, 0.5) is 4.79 Å². The average Bonchev–Trinajstić information content (AvgIpc) is 2.60. The lowest BCUT2D eigenvalue weighted by Gasteiger charge is -2.18. The normalized spacial score (nSPS) is 16.9. The van der Waals surface area contributed by atoms with E-state index in [0.717, 1.165) is 24.0 Å². The maximum absolute atomic E-state index is 12.5. The summed E-state index contributed by atoms with van der Waals surface area (Å²) < 4.78 is 17.5. The van der Waals surface area contributed by atoms with Crippen LogP contribution in [0.2, 0.25) is 0 Å². The van der Waals surface area contributed by atoms with Crippen molar-refractivity contribution < 1.29 is 14.1 Å². The van der Waals surface area contributed by atoms with Crippen molar-refractivity contribution in [1.29, 1.82) is 0 Å². The predicted molar refractivity (Wildman–Crippen MR) is 77.1 cm³/mol. The van der Waals surface area contributed by atoms with Gasteiger partial charge in [-0.05, 0) is 17.5 Å². The van der Waals surface area contributed by atoms with E-state index in [4.69, 9.17) is 4.74 Å². The summed E-state index contributed by atoms with van der Waals surface area (Å²) in [6.07, 6.45) is 1.08. The summed E-state index contributed by atoms with van der Waals surface area (Å²) in [5, 5.41) is 8.14. The fraction of sp³-hybridized carbons (Fsp3) is 0.462. The Morgan fingerprint density at radius 2 is 1.90 bits per heavy atom. The average molecular weight is 297 g/mol. The Labute approximate surface area is 118 Å². The van der Waals surface area contributed by atoms with Crippen molar-refractivity contribution in [3.8, 4) is 0 Å². The number of unbranched alkanes of at least 4 members (excludes halogenated alkanes) is 1. The maximum Gasteiger partial charge on any atom is 0.414 e. The van der Waals surface area contributed by atoms with E-state index in [2.05, 4.69) is 15.3 Å².